The maximum absolute atomic E-state index is 12.7. The maximum atomic E-state index is 12.7. The number of phenols is 1. The number of carbonyl (C=O) groups is 1. The standard InChI is InChI=1S/C12H9F3O2/c1-6-9-4-7(16)5-10(12(13,14)15)8(9)2-3-11(6)17/h2-3,5,17H,4H2,1H3. The molecule has 17 heavy (non-hydrogen) atoms. The van der Waals surface area contributed by atoms with Crippen molar-refractivity contribution in [3.05, 3.63) is 34.9 Å². The molecule has 0 heterocycles. The van der Waals surface area contributed by atoms with E-state index >= 15 is 0 Å². The molecule has 1 N–H and O–H groups in total. The Morgan fingerprint density at radius 3 is 2.53 bits per heavy atom. The van der Waals surface area contributed by atoms with Gasteiger partial charge < -0.3 is 5.11 Å². The van der Waals surface area contributed by atoms with Crippen LogP contribution in [0.2, 0.25) is 0 Å². The summed E-state index contributed by atoms with van der Waals surface area (Å²) in [5.74, 6) is -0.696. The Labute approximate surface area is 95.4 Å². The lowest BCUT2D eigenvalue weighted by Gasteiger charge is -2.21. The third kappa shape index (κ3) is 1.92. The van der Waals surface area contributed by atoms with Crippen LogP contribution in [0.4, 0.5) is 13.2 Å². The fourth-order valence-electron chi connectivity index (χ4n) is 1.92. The molecule has 0 spiro atoms. The first-order valence-electron chi connectivity index (χ1n) is 4.94. The van der Waals surface area contributed by atoms with E-state index in [0.717, 1.165) is 0 Å². The number of hydrogen-bond acceptors (Lipinski definition) is 2. The molecule has 0 saturated heterocycles. The molecule has 0 radical (unpaired) electrons. The van der Waals surface area contributed by atoms with Gasteiger partial charge in [-0.1, -0.05) is 6.07 Å². The van der Waals surface area contributed by atoms with E-state index in [1.54, 1.807) is 0 Å². The van der Waals surface area contributed by atoms with Crippen LogP contribution in [-0.4, -0.2) is 17.1 Å². The van der Waals surface area contributed by atoms with Crippen LogP contribution in [0.1, 0.15) is 16.7 Å². The zero-order valence-corrected chi connectivity index (χ0v) is 8.93. The van der Waals surface area contributed by atoms with Gasteiger partial charge >= 0.3 is 6.18 Å². The van der Waals surface area contributed by atoms with Crippen molar-refractivity contribution >= 4 is 11.4 Å². The lowest BCUT2D eigenvalue weighted by molar-refractivity contribution is -0.114. The molecular weight excluding hydrogens is 233 g/mol. The molecule has 0 bridgehead atoms. The Bertz CT molecular complexity index is 527. The number of alkyl halides is 3. The van der Waals surface area contributed by atoms with Crippen LogP contribution in [0.3, 0.4) is 0 Å². The van der Waals surface area contributed by atoms with Crippen molar-refractivity contribution in [2.24, 2.45) is 0 Å². The van der Waals surface area contributed by atoms with Crippen molar-refractivity contribution in [3.63, 3.8) is 0 Å². The van der Waals surface area contributed by atoms with Crippen molar-refractivity contribution in [2.75, 3.05) is 0 Å². The van der Waals surface area contributed by atoms with Crippen molar-refractivity contribution in [1.29, 1.82) is 0 Å². The van der Waals surface area contributed by atoms with Gasteiger partial charge in [-0.3, -0.25) is 4.79 Å². The molecule has 0 aromatic heterocycles. The van der Waals surface area contributed by atoms with Gasteiger partial charge in [0, 0.05) is 6.42 Å². The SMILES string of the molecule is Cc1c(O)ccc2c1CC(=O)C=C2C(F)(F)F. The molecule has 0 fully saturated rings. The van der Waals surface area contributed by atoms with Crippen molar-refractivity contribution in [2.45, 2.75) is 19.5 Å². The van der Waals surface area contributed by atoms with Gasteiger partial charge in [0.2, 0.25) is 0 Å². The first-order valence-corrected chi connectivity index (χ1v) is 4.94. The minimum Gasteiger partial charge on any atom is -0.508 e. The maximum Gasteiger partial charge on any atom is 0.417 e. The van der Waals surface area contributed by atoms with E-state index in [-0.39, 0.29) is 23.3 Å². The van der Waals surface area contributed by atoms with Gasteiger partial charge in [-0.2, -0.15) is 13.2 Å². The van der Waals surface area contributed by atoms with E-state index in [1.165, 1.54) is 19.1 Å². The number of ketones is 1. The zero-order valence-electron chi connectivity index (χ0n) is 8.93. The number of benzene rings is 1. The molecule has 5 heteroatoms. The van der Waals surface area contributed by atoms with Gasteiger partial charge in [0.25, 0.3) is 0 Å². The van der Waals surface area contributed by atoms with E-state index in [2.05, 4.69) is 0 Å². The summed E-state index contributed by atoms with van der Waals surface area (Å²) in [6.07, 6.45) is -4.04. The highest BCUT2D eigenvalue weighted by atomic mass is 19.4. The minimum atomic E-state index is -4.56. The number of phenolic OH excluding ortho intramolecular Hbond substituents is 1. The summed E-state index contributed by atoms with van der Waals surface area (Å²) >= 11 is 0. The predicted octanol–water partition coefficient (Wildman–Crippen LogP) is 2.77. The predicted molar refractivity (Wildman–Crippen MR) is 55.6 cm³/mol. The number of hydrogen-bond donors (Lipinski definition) is 1. The Morgan fingerprint density at radius 2 is 1.94 bits per heavy atom. The van der Waals surface area contributed by atoms with Crippen LogP contribution >= 0.6 is 0 Å². The van der Waals surface area contributed by atoms with Gasteiger partial charge in [0.15, 0.2) is 5.78 Å². The molecule has 1 aliphatic carbocycles. The lowest BCUT2D eigenvalue weighted by atomic mass is 9.86. The zero-order chi connectivity index (χ0) is 12.8. The Morgan fingerprint density at radius 1 is 1.29 bits per heavy atom. The number of aromatic hydroxyl groups is 1. The average molecular weight is 242 g/mol. The molecule has 1 aliphatic rings. The van der Waals surface area contributed by atoms with Gasteiger partial charge in [-0.05, 0) is 35.8 Å². The smallest absolute Gasteiger partial charge is 0.417 e. The molecule has 0 atom stereocenters. The highest BCUT2D eigenvalue weighted by Gasteiger charge is 2.38. The summed E-state index contributed by atoms with van der Waals surface area (Å²) in [7, 11) is 0. The number of fused-ring (bicyclic) bond motifs is 1. The molecule has 0 unspecified atom stereocenters. The number of carbonyl (C=O) groups excluding carboxylic acids is 1. The normalized spacial score (nSPS) is 15.5. The number of allylic oxidation sites excluding steroid dienone is 2. The number of halogens is 3. The van der Waals surface area contributed by atoms with E-state index in [0.29, 0.717) is 11.6 Å². The molecule has 90 valence electrons. The largest absolute Gasteiger partial charge is 0.508 e. The quantitative estimate of drug-likeness (QED) is 0.759. The fourth-order valence-corrected chi connectivity index (χ4v) is 1.92. The van der Waals surface area contributed by atoms with E-state index < -0.39 is 17.5 Å². The summed E-state index contributed by atoms with van der Waals surface area (Å²) < 4.78 is 38.2. The summed E-state index contributed by atoms with van der Waals surface area (Å²) in [5.41, 5.74) is -0.380. The second-order valence-corrected chi connectivity index (χ2v) is 3.93. The molecule has 1 aromatic carbocycles. The monoisotopic (exact) mass is 242 g/mol. The Kier molecular flexibility index (Phi) is 2.49. The second kappa shape index (κ2) is 3.61. The van der Waals surface area contributed by atoms with Crippen molar-refractivity contribution < 1.29 is 23.1 Å². The van der Waals surface area contributed by atoms with Crippen LogP contribution in [0.25, 0.3) is 5.57 Å². The third-order valence-electron chi connectivity index (χ3n) is 2.82. The number of rotatable bonds is 0. The Balaban J connectivity index is 2.69. The summed E-state index contributed by atoms with van der Waals surface area (Å²) in [6, 6.07) is 2.41. The van der Waals surface area contributed by atoms with E-state index in [1.807, 2.05) is 0 Å². The molecule has 0 amide bonds. The first kappa shape index (κ1) is 11.7. The summed E-state index contributed by atoms with van der Waals surface area (Å²) in [5, 5.41) is 9.44. The van der Waals surface area contributed by atoms with Gasteiger partial charge in [0.05, 0.1) is 5.57 Å². The molecule has 0 saturated carbocycles. The molecule has 2 rings (SSSR count). The summed E-state index contributed by atoms with van der Waals surface area (Å²) in [4.78, 5) is 11.3. The molecule has 0 aliphatic heterocycles. The van der Waals surface area contributed by atoms with Gasteiger partial charge in [-0.15, -0.1) is 0 Å². The molecular formula is C12H9F3O2. The van der Waals surface area contributed by atoms with Gasteiger partial charge in [-0.25, -0.2) is 0 Å². The van der Waals surface area contributed by atoms with E-state index in [9.17, 15) is 23.1 Å². The fraction of sp³-hybridized carbons (Fsp3) is 0.250. The van der Waals surface area contributed by atoms with Crippen LogP contribution in [0.5, 0.6) is 5.75 Å². The topological polar surface area (TPSA) is 37.3 Å². The van der Waals surface area contributed by atoms with Crippen molar-refractivity contribution in [3.8, 4) is 5.75 Å². The van der Waals surface area contributed by atoms with Crippen LogP contribution in [0, 0.1) is 6.92 Å². The average Bonchev–Trinajstić information content (AvgIpc) is 2.22. The molecule has 2 nitrogen and oxygen atoms in total. The molecule has 1 aromatic rings. The lowest BCUT2D eigenvalue weighted by Crippen LogP contribution is -2.19. The van der Waals surface area contributed by atoms with E-state index in [4.69, 9.17) is 0 Å². The van der Waals surface area contributed by atoms with Crippen LogP contribution < -0.4 is 0 Å². The second-order valence-electron chi connectivity index (χ2n) is 3.93. The highest BCUT2D eigenvalue weighted by molar-refractivity contribution is 6.03. The Hall–Kier alpha value is -1.78. The minimum absolute atomic E-state index is 0.0209. The van der Waals surface area contributed by atoms with Crippen molar-refractivity contribution in [1.82, 2.24) is 0 Å². The van der Waals surface area contributed by atoms with Crippen LogP contribution in [-0.2, 0) is 11.2 Å². The van der Waals surface area contributed by atoms with Crippen LogP contribution in [0.15, 0.2) is 18.2 Å². The van der Waals surface area contributed by atoms with Gasteiger partial charge in [0.1, 0.15) is 5.75 Å². The highest BCUT2D eigenvalue weighted by Crippen LogP contribution is 2.40. The first-order chi connectivity index (χ1) is 7.80. The third-order valence-corrected chi connectivity index (χ3v) is 2.82. The summed E-state index contributed by atoms with van der Waals surface area (Å²) in [6.45, 7) is 1.50.